The maximum absolute atomic E-state index is 11.4. The second-order valence-corrected chi connectivity index (χ2v) is 7.77. The molecule has 0 amide bonds. The van der Waals surface area contributed by atoms with Crippen molar-refractivity contribution in [3.8, 4) is 0 Å². The van der Waals surface area contributed by atoms with Crippen molar-refractivity contribution in [2.45, 2.75) is 59.3 Å². The van der Waals surface area contributed by atoms with E-state index in [4.69, 9.17) is 0 Å². The second-order valence-electron chi connectivity index (χ2n) is 5.51. The van der Waals surface area contributed by atoms with Crippen LogP contribution in [0.5, 0.6) is 0 Å². The summed E-state index contributed by atoms with van der Waals surface area (Å²) in [5, 5.41) is 3.48. The number of unbranched alkanes of at least 4 members (excludes halogenated alkanes) is 1. The van der Waals surface area contributed by atoms with E-state index in [-0.39, 0.29) is 5.41 Å². The second kappa shape index (κ2) is 8.92. The number of nitrogens with one attached hydrogen (secondary N) is 1. The molecular weight excluding hydrogens is 246 g/mol. The zero-order chi connectivity index (χ0) is 14.1. The van der Waals surface area contributed by atoms with Crippen LogP contribution in [0.2, 0.25) is 0 Å². The average Bonchev–Trinajstić information content (AvgIpc) is 2.31. The predicted octanol–water partition coefficient (Wildman–Crippen LogP) is 3.01. The van der Waals surface area contributed by atoms with Crippen molar-refractivity contribution in [2.75, 3.05) is 25.1 Å². The Morgan fingerprint density at radius 3 is 2.17 bits per heavy atom. The molecular formula is C14H31NO2S. The highest BCUT2D eigenvalue weighted by atomic mass is 32.2. The average molecular weight is 277 g/mol. The first kappa shape index (κ1) is 17.9. The Morgan fingerprint density at radius 1 is 1.06 bits per heavy atom. The van der Waals surface area contributed by atoms with E-state index in [2.05, 4.69) is 26.1 Å². The molecule has 1 N–H and O–H groups in total. The summed E-state index contributed by atoms with van der Waals surface area (Å²) in [7, 11) is -2.85. The number of sulfone groups is 1. The smallest absolute Gasteiger partial charge is 0.147 e. The van der Waals surface area contributed by atoms with Crippen LogP contribution in [0.4, 0.5) is 0 Å². The van der Waals surface area contributed by atoms with Gasteiger partial charge in [-0.2, -0.15) is 0 Å². The van der Waals surface area contributed by atoms with Crippen LogP contribution < -0.4 is 5.32 Å². The molecule has 0 aliphatic rings. The zero-order valence-corrected chi connectivity index (χ0v) is 13.4. The molecule has 4 heteroatoms. The van der Waals surface area contributed by atoms with E-state index in [0.717, 1.165) is 38.8 Å². The first-order chi connectivity index (χ1) is 8.39. The van der Waals surface area contributed by atoms with Crippen LogP contribution in [0.1, 0.15) is 59.3 Å². The molecule has 110 valence electrons. The minimum Gasteiger partial charge on any atom is -0.316 e. The molecule has 0 aromatic rings. The lowest BCUT2D eigenvalue weighted by atomic mass is 9.77. The third kappa shape index (κ3) is 8.09. The van der Waals surface area contributed by atoms with Crippen molar-refractivity contribution in [1.29, 1.82) is 0 Å². The van der Waals surface area contributed by atoms with Gasteiger partial charge in [0.05, 0.1) is 5.75 Å². The first-order valence-electron chi connectivity index (χ1n) is 7.27. The fourth-order valence-electron chi connectivity index (χ4n) is 2.26. The van der Waals surface area contributed by atoms with Crippen LogP contribution in [0.15, 0.2) is 0 Å². The predicted molar refractivity (Wildman–Crippen MR) is 79.7 cm³/mol. The lowest BCUT2D eigenvalue weighted by molar-refractivity contribution is 0.223. The Kier molecular flexibility index (Phi) is 8.87. The fourth-order valence-corrected chi connectivity index (χ4v) is 3.07. The quantitative estimate of drug-likeness (QED) is 0.591. The van der Waals surface area contributed by atoms with Crippen LogP contribution in [-0.4, -0.2) is 33.5 Å². The molecule has 0 aromatic heterocycles. The van der Waals surface area contributed by atoms with E-state index in [1.54, 1.807) is 0 Å². The number of hydrogen-bond acceptors (Lipinski definition) is 3. The van der Waals surface area contributed by atoms with Gasteiger partial charge in [0.1, 0.15) is 9.84 Å². The van der Waals surface area contributed by atoms with Crippen molar-refractivity contribution in [3.63, 3.8) is 0 Å². The van der Waals surface area contributed by atoms with E-state index in [1.165, 1.54) is 19.1 Å². The summed E-state index contributed by atoms with van der Waals surface area (Å²) < 4.78 is 22.8. The van der Waals surface area contributed by atoms with E-state index in [0.29, 0.717) is 5.75 Å². The SMILES string of the molecule is CCCCC(CC)(CCS(C)(=O)=O)CNCCC. The van der Waals surface area contributed by atoms with Gasteiger partial charge in [-0.3, -0.25) is 0 Å². The topological polar surface area (TPSA) is 46.2 Å². The van der Waals surface area contributed by atoms with Crippen LogP contribution in [-0.2, 0) is 9.84 Å². The Balaban J connectivity index is 4.52. The standard InChI is InChI=1S/C14H31NO2S/c1-5-8-9-14(7-3,13-15-11-6-2)10-12-18(4,16)17/h15H,5-13H2,1-4H3. The van der Waals surface area contributed by atoms with Crippen LogP contribution in [0.25, 0.3) is 0 Å². The minimum atomic E-state index is -2.85. The van der Waals surface area contributed by atoms with Gasteiger partial charge in [-0.1, -0.05) is 33.6 Å². The zero-order valence-electron chi connectivity index (χ0n) is 12.6. The summed E-state index contributed by atoms with van der Waals surface area (Å²) in [4.78, 5) is 0. The van der Waals surface area contributed by atoms with Gasteiger partial charge in [0, 0.05) is 12.8 Å². The van der Waals surface area contributed by atoms with E-state index < -0.39 is 9.84 Å². The van der Waals surface area contributed by atoms with Gasteiger partial charge in [-0.05, 0) is 37.6 Å². The summed E-state index contributed by atoms with van der Waals surface area (Å²) in [6.45, 7) is 8.50. The lowest BCUT2D eigenvalue weighted by Gasteiger charge is -2.33. The summed E-state index contributed by atoms with van der Waals surface area (Å²) in [6.07, 6.45) is 7.80. The molecule has 0 aromatic carbocycles. The normalized spacial score (nSPS) is 15.6. The monoisotopic (exact) mass is 277 g/mol. The molecule has 0 bridgehead atoms. The molecule has 1 unspecified atom stereocenters. The third-order valence-corrected chi connectivity index (χ3v) is 4.69. The van der Waals surface area contributed by atoms with Crippen molar-refractivity contribution >= 4 is 9.84 Å². The lowest BCUT2D eigenvalue weighted by Crippen LogP contribution is -2.36. The van der Waals surface area contributed by atoms with Crippen LogP contribution >= 0.6 is 0 Å². The molecule has 0 aliphatic heterocycles. The van der Waals surface area contributed by atoms with Gasteiger partial charge in [-0.15, -0.1) is 0 Å². The molecule has 0 radical (unpaired) electrons. The Labute approximate surface area is 114 Å². The summed E-state index contributed by atoms with van der Waals surface area (Å²) in [6, 6.07) is 0. The molecule has 0 saturated heterocycles. The molecule has 0 rings (SSSR count). The summed E-state index contributed by atoms with van der Waals surface area (Å²) >= 11 is 0. The highest BCUT2D eigenvalue weighted by molar-refractivity contribution is 7.90. The van der Waals surface area contributed by atoms with E-state index in [1.807, 2.05) is 0 Å². The van der Waals surface area contributed by atoms with E-state index >= 15 is 0 Å². The van der Waals surface area contributed by atoms with Gasteiger partial charge >= 0.3 is 0 Å². The molecule has 0 fully saturated rings. The Bertz CT molecular complexity index is 301. The minimum absolute atomic E-state index is 0.161. The third-order valence-electron chi connectivity index (χ3n) is 3.74. The number of hydrogen-bond donors (Lipinski definition) is 1. The molecule has 18 heavy (non-hydrogen) atoms. The van der Waals surface area contributed by atoms with Crippen molar-refractivity contribution in [3.05, 3.63) is 0 Å². The van der Waals surface area contributed by atoms with Crippen LogP contribution in [0.3, 0.4) is 0 Å². The van der Waals surface area contributed by atoms with Gasteiger partial charge in [0.25, 0.3) is 0 Å². The molecule has 0 saturated carbocycles. The maximum Gasteiger partial charge on any atom is 0.147 e. The molecule has 1 atom stereocenters. The van der Waals surface area contributed by atoms with Crippen molar-refractivity contribution in [2.24, 2.45) is 5.41 Å². The molecule has 0 heterocycles. The van der Waals surface area contributed by atoms with Gasteiger partial charge < -0.3 is 5.32 Å². The highest BCUT2D eigenvalue weighted by Crippen LogP contribution is 2.32. The summed E-state index contributed by atoms with van der Waals surface area (Å²) in [5.74, 6) is 0.318. The van der Waals surface area contributed by atoms with Gasteiger partial charge in [0.15, 0.2) is 0 Å². The Hall–Kier alpha value is -0.0900. The Morgan fingerprint density at radius 2 is 1.72 bits per heavy atom. The largest absolute Gasteiger partial charge is 0.316 e. The summed E-state index contributed by atoms with van der Waals surface area (Å²) in [5.41, 5.74) is 0.161. The van der Waals surface area contributed by atoms with Gasteiger partial charge in [0.2, 0.25) is 0 Å². The van der Waals surface area contributed by atoms with Crippen molar-refractivity contribution in [1.82, 2.24) is 5.32 Å². The molecule has 0 spiro atoms. The number of rotatable bonds is 11. The van der Waals surface area contributed by atoms with Crippen LogP contribution in [0, 0.1) is 5.41 Å². The van der Waals surface area contributed by atoms with E-state index in [9.17, 15) is 8.42 Å². The highest BCUT2D eigenvalue weighted by Gasteiger charge is 2.28. The van der Waals surface area contributed by atoms with Gasteiger partial charge in [-0.25, -0.2) is 8.42 Å². The van der Waals surface area contributed by atoms with Crippen molar-refractivity contribution < 1.29 is 8.42 Å². The maximum atomic E-state index is 11.4. The first-order valence-corrected chi connectivity index (χ1v) is 9.33. The molecule has 3 nitrogen and oxygen atoms in total. The molecule has 0 aliphatic carbocycles. The fraction of sp³-hybridized carbons (Fsp3) is 1.00.